The zero-order valence-electron chi connectivity index (χ0n) is 9.29. The maximum atomic E-state index is 5.57. The molecule has 86 valence electrons. The summed E-state index contributed by atoms with van der Waals surface area (Å²) in [5, 5.41) is 3.37. The first-order valence-electron chi connectivity index (χ1n) is 5.24. The topological polar surface area (TPSA) is 38.3 Å². The molecule has 1 unspecified atom stereocenters. The standard InChI is InChI=1S/C12H14BrNO2/c1-3-14-12(9-6-8(2)15-7-9)10-4-5-11(13)16-10/h4-7,12,14H,3H2,1-2H3. The Morgan fingerprint density at radius 1 is 1.44 bits per heavy atom. The van der Waals surface area contributed by atoms with Crippen LogP contribution in [0.4, 0.5) is 0 Å². The second-order valence-electron chi connectivity index (χ2n) is 3.62. The van der Waals surface area contributed by atoms with Crippen LogP contribution in [0.3, 0.4) is 0 Å². The van der Waals surface area contributed by atoms with E-state index in [1.165, 1.54) is 0 Å². The summed E-state index contributed by atoms with van der Waals surface area (Å²) in [6.07, 6.45) is 1.76. The Morgan fingerprint density at radius 3 is 2.75 bits per heavy atom. The van der Waals surface area contributed by atoms with E-state index in [1.54, 1.807) is 6.26 Å². The van der Waals surface area contributed by atoms with Crippen LogP contribution in [0.2, 0.25) is 0 Å². The number of aryl methyl sites for hydroxylation is 1. The maximum absolute atomic E-state index is 5.57. The summed E-state index contributed by atoms with van der Waals surface area (Å²) < 4.78 is 11.6. The lowest BCUT2D eigenvalue weighted by atomic mass is 10.1. The van der Waals surface area contributed by atoms with Crippen LogP contribution in [0.15, 0.2) is 38.0 Å². The highest BCUT2D eigenvalue weighted by Crippen LogP contribution is 2.27. The van der Waals surface area contributed by atoms with E-state index >= 15 is 0 Å². The highest BCUT2D eigenvalue weighted by atomic mass is 79.9. The summed E-state index contributed by atoms with van der Waals surface area (Å²) in [6, 6.07) is 5.92. The van der Waals surface area contributed by atoms with Gasteiger partial charge in [0, 0.05) is 5.56 Å². The molecule has 0 saturated heterocycles. The molecule has 1 atom stereocenters. The van der Waals surface area contributed by atoms with Crippen LogP contribution in [-0.2, 0) is 0 Å². The summed E-state index contributed by atoms with van der Waals surface area (Å²) >= 11 is 3.31. The zero-order chi connectivity index (χ0) is 11.5. The first kappa shape index (κ1) is 11.5. The smallest absolute Gasteiger partial charge is 0.169 e. The summed E-state index contributed by atoms with van der Waals surface area (Å²) in [5.41, 5.74) is 1.08. The van der Waals surface area contributed by atoms with Crippen molar-refractivity contribution in [3.05, 3.63) is 46.2 Å². The van der Waals surface area contributed by atoms with Gasteiger partial charge < -0.3 is 14.2 Å². The van der Waals surface area contributed by atoms with Crippen LogP contribution in [0.1, 0.15) is 30.0 Å². The molecule has 0 saturated carbocycles. The third-order valence-electron chi connectivity index (χ3n) is 2.37. The van der Waals surface area contributed by atoms with Gasteiger partial charge in [-0.3, -0.25) is 0 Å². The molecule has 0 bridgehead atoms. The second kappa shape index (κ2) is 4.89. The first-order chi connectivity index (χ1) is 7.70. The van der Waals surface area contributed by atoms with Gasteiger partial charge in [0.2, 0.25) is 0 Å². The van der Waals surface area contributed by atoms with Gasteiger partial charge in [0.15, 0.2) is 4.67 Å². The van der Waals surface area contributed by atoms with Crippen molar-refractivity contribution in [1.29, 1.82) is 0 Å². The molecule has 4 heteroatoms. The summed E-state index contributed by atoms with van der Waals surface area (Å²) in [4.78, 5) is 0. The van der Waals surface area contributed by atoms with Crippen molar-refractivity contribution in [2.45, 2.75) is 19.9 Å². The zero-order valence-corrected chi connectivity index (χ0v) is 10.9. The number of nitrogens with one attached hydrogen (secondary N) is 1. The molecule has 0 aliphatic carbocycles. The van der Waals surface area contributed by atoms with Gasteiger partial charge in [-0.25, -0.2) is 0 Å². The number of hydrogen-bond acceptors (Lipinski definition) is 3. The molecule has 0 aromatic carbocycles. The molecule has 2 aromatic heterocycles. The molecule has 0 amide bonds. The summed E-state index contributed by atoms with van der Waals surface area (Å²) in [7, 11) is 0. The molecule has 0 radical (unpaired) electrons. The van der Waals surface area contributed by atoms with E-state index in [1.807, 2.05) is 25.1 Å². The van der Waals surface area contributed by atoms with Crippen molar-refractivity contribution in [2.75, 3.05) is 6.54 Å². The van der Waals surface area contributed by atoms with E-state index in [-0.39, 0.29) is 6.04 Å². The monoisotopic (exact) mass is 283 g/mol. The quantitative estimate of drug-likeness (QED) is 0.931. The maximum Gasteiger partial charge on any atom is 0.169 e. The molecule has 3 nitrogen and oxygen atoms in total. The molecule has 0 fully saturated rings. The van der Waals surface area contributed by atoms with Crippen molar-refractivity contribution in [1.82, 2.24) is 5.32 Å². The summed E-state index contributed by atoms with van der Waals surface area (Å²) in [5.74, 6) is 1.79. The van der Waals surface area contributed by atoms with Crippen LogP contribution < -0.4 is 5.32 Å². The van der Waals surface area contributed by atoms with Crippen LogP contribution in [0.5, 0.6) is 0 Å². The van der Waals surface area contributed by atoms with E-state index in [0.717, 1.165) is 28.3 Å². The van der Waals surface area contributed by atoms with Crippen molar-refractivity contribution >= 4 is 15.9 Å². The number of hydrogen-bond donors (Lipinski definition) is 1. The van der Waals surface area contributed by atoms with Crippen LogP contribution in [0.25, 0.3) is 0 Å². The Labute approximate surface area is 103 Å². The molecule has 1 N–H and O–H groups in total. The van der Waals surface area contributed by atoms with Gasteiger partial charge in [0.25, 0.3) is 0 Å². The number of rotatable bonds is 4. The first-order valence-corrected chi connectivity index (χ1v) is 6.03. The van der Waals surface area contributed by atoms with E-state index in [2.05, 4.69) is 28.2 Å². The van der Waals surface area contributed by atoms with Crippen LogP contribution in [0, 0.1) is 6.92 Å². The Morgan fingerprint density at radius 2 is 2.25 bits per heavy atom. The highest BCUT2D eigenvalue weighted by molar-refractivity contribution is 9.10. The van der Waals surface area contributed by atoms with Crippen molar-refractivity contribution in [3.63, 3.8) is 0 Å². The van der Waals surface area contributed by atoms with Gasteiger partial charge in [-0.15, -0.1) is 0 Å². The van der Waals surface area contributed by atoms with Crippen molar-refractivity contribution in [3.8, 4) is 0 Å². The molecule has 2 heterocycles. The molecule has 0 spiro atoms. The van der Waals surface area contributed by atoms with Gasteiger partial charge in [0.05, 0.1) is 12.3 Å². The number of halogens is 1. The predicted molar refractivity (Wildman–Crippen MR) is 65.4 cm³/mol. The van der Waals surface area contributed by atoms with Crippen LogP contribution >= 0.6 is 15.9 Å². The Balaban J connectivity index is 2.30. The Kier molecular flexibility index (Phi) is 3.51. The molecule has 2 rings (SSSR count). The SMILES string of the molecule is CCNC(c1coc(C)c1)c1ccc(Br)o1. The molecular formula is C12H14BrNO2. The third-order valence-corrected chi connectivity index (χ3v) is 2.80. The van der Waals surface area contributed by atoms with E-state index in [9.17, 15) is 0 Å². The normalized spacial score (nSPS) is 12.9. The van der Waals surface area contributed by atoms with Crippen molar-refractivity contribution < 1.29 is 8.83 Å². The third kappa shape index (κ3) is 2.39. The van der Waals surface area contributed by atoms with Gasteiger partial charge in [-0.05, 0) is 47.6 Å². The average Bonchev–Trinajstić information content (AvgIpc) is 2.84. The Bertz CT molecular complexity index is 421. The molecule has 16 heavy (non-hydrogen) atoms. The minimum atomic E-state index is 0.0498. The van der Waals surface area contributed by atoms with Gasteiger partial charge in [-0.2, -0.15) is 0 Å². The summed E-state index contributed by atoms with van der Waals surface area (Å²) in [6.45, 7) is 4.87. The average molecular weight is 284 g/mol. The highest BCUT2D eigenvalue weighted by Gasteiger charge is 2.18. The fourth-order valence-corrected chi connectivity index (χ4v) is 2.00. The fraction of sp³-hybridized carbons (Fsp3) is 0.333. The lowest BCUT2D eigenvalue weighted by molar-refractivity contribution is 0.434. The molecule has 2 aromatic rings. The van der Waals surface area contributed by atoms with Gasteiger partial charge in [-0.1, -0.05) is 6.92 Å². The fourth-order valence-electron chi connectivity index (χ4n) is 1.69. The van der Waals surface area contributed by atoms with Crippen molar-refractivity contribution in [2.24, 2.45) is 0 Å². The predicted octanol–water partition coefficient (Wildman–Crippen LogP) is 3.64. The van der Waals surface area contributed by atoms with Gasteiger partial charge in [0.1, 0.15) is 11.5 Å². The molecular weight excluding hydrogens is 270 g/mol. The lowest BCUT2D eigenvalue weighted by Crippen LogP contribution is -2.20. The largest absolute Gasteiger partial charge is 0.469 e. The van der Waals surface area contributed by atoms with E-state index in [0.29, 0.717) is 0 Å². The van der Waals surface area contributed by atoms with E-state index < -0.39 is 0 Å². The second-order valence-corrected chi connectivity index (χ2v) is 4.40. The molecule has 0 aliphatic rings. The minimum absolute atomic E-state index is 0.0498. The minimum Gasteiger partial charge on any atom is -0.469 e. The Hall–Kier alpha value is -1.000. The lowest BCUT2D eigenvalue weighted by Gasteiger charge is -2.13. The van der Waals surface area contributed by atoms with Crippen LogP contribution in [-0.4, -0.2) is 6.54 Å². The molecule has 0 aliphatic heterocycles. The van der Waals surface area contributed by atoms with Gasteiger partial charge >= 0.3 is 0 Å². The number of furan rings is 2. The van der Waals surface area contributed by atoms with E-state index in [4.69, 9.17) is 8.83 Å².